The highest BCUT2D eigenvalue weighted by molar-refractivity contribution is 5.95. The van der Waals surface area contributed by atoms with Crippen molar-refractivity contribution in [2.75, 3.05) is 45.3 Å². The van der Waals surface area contributed by atoms with Crippen molar-refractivity contribution in [2.24, 2.45) is 0 Å². The van der Waals surface area contributed by atoms with Crippen LogP contribution in [0.1, 0.15) is 25.0 Å². The first-order valence-electron chi connectivity index (χ1n) is 9.14. The molecule has 2 heterocycles. The minimum Gasteiger partial charge on any atom is -0.494 e. The molecule has 1 saturated heterocycles. The van der Waals surface area contributed by atoms with Crippen LogP contribution in [-0.2, 0) is 0 Å². The number of aromatic nitrogens is 1. The Labute approximate surface area is 150 Å². The Balaban J connectivity index is 1.80. The maximum absolute atomic E-state index is 9.02. The Morgan fingerprint density at radius 2 is 2.08 bits per heavy atom. The quantitative estimate of drug-likeness (QED) is 0.874. The Morgan fingerprint density at radius 3 is 2.76 bits per heavy atom. The highest BCUT2D eigenvalue weighted by atomic mass is 16.5. The molecule has 3 rings (SSSR count). The number of para-hydroxylation sites is 1. The summed E-state index contributed by atoms with van der Waals surface area (Å²) in [6.07, 6.45) is 3.15. The van der Waals surface area contributed by atoms with E-state index in [1.54, 1.807) is 7.11 Å². The summed E-state index contributed by atoms with van der Waals surface area (Å²) in [4.78, 5) is 9.57. The van der Waals surface area contributed by atoms with Gasteiger partial charge in [0.2, 0.25) is 0 Å². The minimum absolute atomic E-state index is 0.271. The molecular weight excluding hydrogens is 314 g/mol. The summed E-state index contributed by atoms with van der Waals surface area (Å²) < 4.78 is 5.50. The number of benzene rings is 1. The summed E-state index contributed by atoms with van der Waals surface area (Å²) >= 11 is 0. The van der Waals surface area contributed by atoms with Crippen molar-refractivity contribution >= 4 is 16.6 Å². The molecule has 0 saturated carbocycles. The number of nitrogens with zero attached hydrogens (tertiary/aromatic N) is 3. The number of ether oxygens (including phenoxy) is 1. The molecule has 2 aromatic rings. The molecule has 0 radical (unpaired) electrons. The fourth-order valence-corrected chi connectivity index (χ4v) is 3.81. The normalized spacial score (nSPS) is 16.0. The second kappa shape index (κ2) is 8.02. The first kappa shape index (κ1) is 18.0. The number of anilines is 1. The summed E-state index contributed by atoms with van der Waals surface area (Å²) in [5.41, 5.74) is 3.23. The van der Waals surface area contributed by atoms with Gasteiger partial charge in [-0.2, -0.15) is 0 Å². The maximum atomic E-state index is 9.02. The molecule has 0 atom stereocenters. The van der Waals surface area contributed by atoms with Gasteiger partial charge in [-0.25, -0.2) is 4.98 Å². The van der Waals surface area contributed by atoms with Gasteiger partial charge in [-0.15, -0.1) is 0 Å². The molecule has 1 aromatic carbocycles. The number of fused-ring (bicyclic) bond motifs is 1. The van der Waals surface area contributed by atoms with Crippen LogP contribution in [0.5, 0.6) is 5.75 Å². The lowest BCUT2D eigenvalue weighted by atomic mass is 10.0. The molecule has 0 amide bonds. The highest BCUT2D eigenvalue weighted by Crippen LogP contribution is 2.33. The van der Waals surface area contributed by atoms with Crippen LogP contribution in [0.4, 0.5) is 5.69 Å². The van der Waals surface area contributed by atoms with Gasteiger partial charge in [0.25, 0.3) is 0 Å². The second-order valence-electron chi connectivity index (χ2n) is 6.92. The predicted molar refractivity (Wildman–Crippen MR) is 103 cm³/mol. The highest BCUT2D eigenvalue weighted by Gasteiger charge is 2.24. The van der Waals surface area contributed by atoms with E-state index in [1.165, 1.54) is 5.69 Å². The first-order valence-corrected chi connectivity index (χ1v) is 9.14. The van der Waals surface area contributed by atoms with Crippen molar-refractivity contribution in [3.8, 4) is 5.75 Å². The van der Waals surface area contributed by atoms with Crippen molar-refractivity contribution < 1.29 is 9.84 Å². The van der Waals surface area contributed by atoms with Gasteiger partial charge >= 0.3 is 0 Å². The summed E-state index contributed by atoms with van der Waals surface area (Å²) in [6, 6.07) is 8.95. The standard InChI is InChI=1S/C20H29N3O2/c1-15-14-18(17-6-4-7-19(25-3)20(17)21-15)23-11-8-16(9-12-23)22(2)10-5-13-24/h4,6-7,14,16,24H,5,8-13H2,1-3H3. The van der Waals surface area contributed by atoms with Gasteiger partial charge < -0.3 is 19.6 Å². The van der Waals surface area contributed by atoms with Crippen LogP contribution in [0, 0.1) is 6.92 Å². The topological polar surface area (TPSA) is 48.8 Å². The molecule has 0 bridgehead atoms. The van der Waals surface area contributed by atoms with Crippen LogP contribution in [0.3, 0.4) is 0 Å². The zero-order valence-corrected chi connectivity index (χ0v) is 15.5. The van der Waals surface area contributed by atoms with Crippen LogP contribution in [0.15, 0.2) is 24.3 Å². The number of aryl methyl sites for hydroxylation is 1. The van der Waals surface area contributed by atoms with E-state index in [0.717, 1.165) is 61.2 Å². The number of hydrogen-bond acceptors (Lipinski definition) is 5. The van der Waals surface area contributed by atoms with Gasteiger partial charge in [-0.1, -0.05) is 12.1 Å². The second-order valence-corrected chi connectivity index (χ2v) is 6.92. The number of hydrogen-bond donors (Lipinski definition) is 1. The molecule has 25 heavy (non-hydrogen) atoms. The predicted octanol–water partition coefficient (Wildman–Crippen LogP) is 2.83. The summed E-state index contributed by atoms with van der Waals surface area (Å²) in [5.74, 6) is 0.834. The van der Waals surface area contributed by atoms with E-state index in [2.05, 4.69) is 29.0 Å². The van der Waals surface area contributed by atoms with Gasteiger partial charge in [0.1, 0.15) is 11.3 Å². The molecule has 0 spiro atoms. The number of piperidine rings is 1. The molecule has 1 fully saturated rings. The van der Waals surface area contributed by atoms with Crippen molar-refractivity contribution in [2.45, 2.75) is 32.2 Å². The third-order valence-electron chi connectivity index (χ3n) is 5.23. The number of pyridine rings is 1. The van der Waals surface area contributed by atoms with E-state index >= 15 is 0 Å². The van der Waals surface area contributed by atoms with Crippen LogP contribution >= 0.6 is 0 Å². The Bertz CT molecular complexity index is 711. The fourth-order valence-electron chi connectivity index (χ4n) is 3.81. The van der Waals surface area contributed by atoms with Gasteiger partial charge in [-0.3, -0.25) is 0 Å². The van der Waals surface area contributed by atoms with E-state index in [1.807, 2.05) is 19.1 Å². The molecule has 1 aliphatic heterocycles. The number of rotatable bonds is 6. The number of aliphatic hydroxyl groups is 1. The zero-order valence-electron chi connectivity index (χ0n) is 15.5. The van der Waals surface area contributed by atoms with Gasteiger partial charge in [0.05, 0.1) is 7.11 Å². The van der Waals surface area contributed by atoms with E-state index in [-0.39, 0.29) is 6.61 Å². The molecule has 5 heteroatoms. The molecule has 1 N–H and O–H groups in total. The molecular formula is C20H29N3O2. The zero-order chi connectivity index (χ0) is 17.8. The number of methoxy groups -OCH3 is 1. The van der Waals surface area contributed by atoms with Crippen LogP contribution in [0.25, 0.3) is 10.9 Å². The SMILES string of the molecule is COc1cccc2c(N3CCC(N(C)CCCO)CC3)cc(C)nc12. The molecule has 136 valence electrons. The molecule has 5 nitrogen and oxygen atoms in total. The molecule has 1 aromatic heterocycles. The summed E-state index contributed by atoms with van der Waals surface area (Å²) in [7, 11) is 3.87. The van der Waals surface area contributed by atoms with Crippen molar-refractivity contribution in [1.82, 2.24) is 9.88 Å². The lowest BCUT2D eigenvalue weighted by Crippen LogP contribution is -2.44. The molecule has 0 aliphatic carbocycles. The summed E-state index contributed by atoms with van der Waals surface area (Å²) in [6.45, 7) is 5.38. The van der Waals surface area contributed by atoms with Crippen LogP contribution < -0.4 is 9.64 Å². The average molecular weight is 343 g/mol. The molecule has 1 aliphatic rings. The van der Waals surface area contributed by atoms with Gasteiger partial charge in [0, 0.05) is 49.1 Å². The summed E-state index contributed by atoms with van der Waals surface area (Å²) in [5, 5.41) is 10.2. The third-order valence-corrected chi connectivity index (χ3v) is 5.23. The van der Waals surface area contributed by atoms with Gasteiger partial charge in [0.15, 0.2) is 0 Å². The van der Waals surface area contributed by atoms with E-state index in [9.17, 15) is 0 Å². The van der Waals surface area contributed by atoms with Crippen molar-refractivity contribution in [3.05, 3.63) is 30.0 Å². The largest absolute Gasteiger partial charge is 0.494 e. The Hall–Kier alpha value is -1.85. The number of aliphatic hydroxyl groups excluding tert-OH is 1. The average Bonchev–Trinajstić information content (AvgIpc) is 2.65. The minimum atomic E-state index is 0.271. The lowest BCUT2D eigenvalue weighted by Gasteiger charge is -2.38. The van der Waals surface area contributed by atoms with Crippen molar-refractivity contribution in [1.29, 1.82) is 0 Å². The van der Waals surface area contributed by atoms with Gasteiger partial charge in [-0.05, 0) is 45.4 Å². The van der Waals surface area contributed by atoms with E-state index < -0.39 is 0 Å². The fraction of sp³-hybridized carbons (Fsp3) is 0.550. The monoisotopic (exact) mass is 343 g/mol. The lowest BCUT2D eigenvalue weighted by molar-refractivity contribution is 0.184. The van der Waals surface area contributed by atoms with E-state index in [0.29, 0.717) is 6.04 Å². The van der Waals surface area contributed by atoms with Crippen LogP contribution in [0.2, 0.25) is 0 Å². The smallest absolute Gasteiger partial charge is 0.145 e. The van der Waals surface area contributed by atoms with Crippen molar-refractivity contribution in [3.63, 3.8) is 0 Å². The first-order chi connectivity index (χ1) is 12.1. The maximum Gasteiger partial charge on any atom is 0.145 e. The molecule has 0 unspecified atom stereocenters. The van der Waals surface area contributed by atoms with E-state index in [4.69, 9.17) is 14.8 Å². The Morgan fingerprint density at radius 1 is 1.32 bits per heavy atom. The van der Waals surface area contributed by atoms with Crippen LogP contribution in [-0.4, -0.2) is 61.4 Å². The Kier molecular flexibility index (Phi) is 5.76. The third kappa shape index (κ3) is 3.88.